The fourth-order valence-corrected chi connectivity index (χ4v) is 3.51. The zero-order chi connectivity index (χ0) is 17.4. The summed E-state index contributed by atoms with van der Waals surface area (Å²) in [6.45, 7) is 2.69. The van der Waals surface area contributed by atoms with Gasteiger partial charge in [-0.2, -0.15) is 0 Å². The summed E-state index contributed by atoms with van der Waals surface area (Å²) in [4.78, 5) is 0.100. The largest absolute Gasteiger partial charge is 0.309 e. The fraction of sp³-hybridized carbons (Fsp3) is 0.333. The van der Waals surface area contributed by atoms with Crippen molar-refractivity contribution in [2.24, 2.45) is 5.14 Å². The second-order valence-corrected chi connectivity index (χ2v) is 8.04. The van der Waals surface area contributed by atoms with Crippen LogP contribution in [0.1, 0.15) is 36.9 Å². The molecule has 1 aliphatic rings. The maximum atomic E-state index is 14.0. The van der Waals surface area contributed by atoms with E-state index in [0.717, 1.165) is 24.0 Å². The molecule has 24 heavy (non-hydrogen) atoms. The van der Waals surface area contributed by atoms with Crippen molar-refractivity contribution in [3.63, 3.8) is 0 Å². The molecule has 0 heterocycles. The van der Waals surface area contributed by atoms with E-state index >= 15 is 0 Å². The highest BCUT2D eigenvalue weighted by Crippen LogP contribution is 2.48. The number of halogens is 1. The summed E-state index contributed by atoms with van der Waals surface area (Å²) in [5, 5.41) is 8.54. The number of primary sulfonamides is 1. The predicted octanol–water partition coefficient (Wildman–Crippen LogP) is 2.86. The van der Waals surface area contributed by atoms with Crippen LogP contribution >= 0.6 is 0 Å². The van der Waals surface area contributed by atoms with Crippen LogP contribution in [0, 0.1) is 5.82 Å². The van der Waals surface area contributed by atoms with Crippen molar-refractivity contribution >= 4 is 10.0 Å². The third kappa shape index (κ3) is 3.50. The first kappa shape index (κ1) is 17.1. The molecule has 1 saturated carbocycles. The van der Waals surface area contributed by atoms with Crippen LogP contribution in [0.5, 0.6) is 0 Å². The van der Waals surface area contributed by atoms with Gasteiger partial charge in [-0.25, -0.2) is 17.9 Å². The van der Waals surface area contributed by atoms with Crippen LogP contribution in [0.25, 0.3) is 0 Å². The molecule has 1 fully saturated rings. The molecule has 1 aliphatic carbocycles. The van der Waals surface area contributed by atoms with Gasteiger partial charge in [0.15, 0.2) is 0 Å². The molecule has 0 spiro atoms. The number of hydrogen-bond acceptors (Lipinski definition) is 3. The molecule has 2 aromatic rings. The molecule has 2 aromatic carbocycles. The van der Waals surface area contributed by atoms with Gasteiger partial charge < -0.3 is 5.32 Å². The van der Waals surface area contributed by atoms with Crippen LogP contribution < -0.4 is 10.5 Å². The van der Waals surface area contributed by atoms with E-state index in [1.807, 2.05) is 19.1 Å². The molecule has 6 heteroatoms. The van der Waals surface area contributed by atoms with Crippen LogP contribution in [0.3, 0.4) is 0 Å². The number of nitrogens with two attached hydrogens (primary N) is 1. The molecule has 0 radical (unpaired) electrons. The van der Waals surface area contributed by atoms with E-state index in [2.05, 4.69) is 5.32 Å². The lowest BCUT2D eigenvalue weighted by Crippen LogP contribution is -2.30. The average Bonchev–Trinajstić information content (AvgIpc) is 3.33. The third-order valence-corrected chi connectivity index (χ3v) is 5.68. The van der Waals surface area contributed by atoms with Gasteiger partial charge in [0.25, 0.3) is 0 Å². The number of rotatable bonds is 6. The molecular weight excluding hydrogens is 327 g/mol. The van der Waals surface area contributed by atoms with E-state index in [1.54, 1.807) is 18.2 Å². The van der Waals surface area contributed by atoms with Crippen molar-refractivity contribution < 1.29 is 12.8 Å². The third-order valence-electron chi connectivity index (χ3n) is 4.75. The molecule has 4 nitrogen and oxygen atoms in total. The van der Waals surface area contributed by atoms with E-state index in [1.165, 1.54) is 18.2 Å². The molecule has 1 unspecified atom stereocenters. The van der Waals surface area contributed by atoms with E-state index in [9.17, 15) is 12.8 Å². The monoisotopic (exact) mass is 348 g/mol. The van der Waals surface area contributed by atoms with Gasteiger partial charge in [-0.1, -0.05) is 30.3 Å². The SMILES string of the molecule is CC(NCC1(c2ccccc2F)CC1)c1ccc(S(N)(=O)=O)cc1. The van der Waals surface area contributed by atoms with E-state index in [-0.39, 0.29) is 22.2 Å². The zero-order valence-electron chi connectivity index (χ0n) is 13.5. The Morgan fingerprint density at radius 1 is 1.17 bits per heavy atom. The Labute approximate surface area is 141 Å². The maximum Gasteiger partial charge on any atom is 0.238 e. The summed E-state index contributed by atoms with van der Waals surface area (Å²) in [7, 11) is -3.67. The van der Waals surface area contributed by atoms with E-state index in [4.69, 9.17) is 5.14 Å². The Hall–Kier alpha value is -1.76. The summed E-state index contributed by atoms with van der Waals surface area (Å²) >= 11 is 0. The molecule has 0 aromatic heterocycles. The Balaban J connectivity index is 1.68. The van der Waals surface area contributed by atoms with Crippen LogP contribution in [0.15, 0.2) is 53.4 Å². The zero-order valence-corrected chi connectivity index (χ0v) is 14.3. The van der Waals surface area contributed by atoms with Gasteiger partial charge in [-0.3, -0.25) is 0 Å². The smallest absolute Gasteiger partial charge is 0.238 e. The van der Waals surface area contributed by atoms with Crippen LogP contribution in [-0.2, 0) is 15.4 Å². The predicted molar refractivity (Wildman–Crippen MR) is 91.5 cm³/mol. The van der Waals surface area contributed by atoms with Gasteiger partial charge in [0.2, 0.25) is 10.0 Å². The lowest BCUT2D eigenvalue weighted by Gasteiger charge is -2.21. The minimum absolute atomic E-state index is 0.0313. The molecule has 128 valence electrons. The molecule has 1 atom stereocenters. The second kappa shape index (κ2) is 6.27. The molecule has 3 N–H and O–H groups in total. The van der Waals surface area contributed by atoms with Crippen molar-refractivity contribution in [1.82, 2.24) is 5.32 Å². The first-order valence-electron chi connectivity index (χ1n) is 7.93. The lowest BCUT2D eigenvalue weighted by atomic mass is 9.94. The molecule has 0 bridgehead atoms. The van der Waals surface area contributed by atoms with E-state index in [0.29, 0.717) is 6.54 Å². The molecule has 0 amide bonds. The summed E-state index contributed by atoms with van der Waals surface area (Å²) < 4.78 is 36.6. The second-order valence-electron chi connectivity index (χ2n) is 6.48. The first-order chi connectivity index (χ1) is 11.3. The topological polar surface area (TPSA) is 72.2 Å². The van der Waals surface area contributed by atoms with Gasteiger partial charge in [-0.05, 0) is 49.1 Å². The van der Waals surface area contributed by atoms with Crippen molar-refractivity contribution in [3.8, 4) is 0 Å². The summed E-state index contributed by atoms with van der Waals surface area (Å²) in [6, 6.07) is 13.5. The summed E-state index contributed by atoms with van der Waals surface area (Å²) in [5.41, 5.74) is 1.61. The first-order valence-corrected chi connectivity index (χ1v) is 9.48. The quantitative estimate of drug-likeness (QED) is 0.843. The van der Waals surface area contributed by atoms with Gasteiger partial charge in [0.1, 0.15) is 5.82 Å². The van der Waals surface area contributed by atoms with Crippen molar-refractivity contribution in [2.45, 2.75) is 36.1 Å². The summed E-state index contributed by atoms with van der Waals surface area (Å²) in [6.07, 6.45) is 1.94. The molecule has 3 rings (SSSR count). The number of nitrogens with one attached hydrogen (secondary N) is 1. The minimum Gasteiger partial charge on any atom is -0.309 e. The van der Waals surface area contributed by atoms with Gasteiger partial charge in [0.05, 0.1) is 4.90 Å². The van der Waals surface area contributed by atoms with Crippen molar-refractivity contribution in [3.05, 3.63) is 65.5 Å². The van der Waals surface area contributed by atoms with Gasteiger partial charge >= 0.3 is 0 Å². The van der Waals surface area contributed by atoms with Crippen LogP contribution in [0.2, 0.25) is 0 Å². The number of benzene rings is 2. The van der Waals surface area contributed by atoms with Crippen molar-refractivity contribution in [2.75, 3.05) is 6.54 Å². The van der Waals surface area contributed by atoms with Gasteiger partial charge in [0, 0.05) is 18.0 Å². The number of hydrogen-bond donors (Lipinski definition) is 2. The fourth-order valence-electron chi connectivity index (χ4n) is 3.00. The lowest BCUT2D eigenvalue weighted by molar-refractivity contribution is 0.491. The Morgan fingerprint density at radius 2 is 1.79 bits per heavy atom. The maximum absolute atomic E-state index is 14.0. The highest BCUT2D eigenvalue weighted by atomic mass is 32.2. The highest BCUT2D eigenvalue weighted by molar-refractivity contribution is 7.89. The van der Waals surface area contributed by atoms with Crippen LogP contribution in [0.4, 0.5) is 4.39 Å². The van der Waals surface area contributed by atoms with Gasteiger partial charge in [-0.15, -0.1) is 0 Å². The Kier molecular flexibility index (Phi) is 4.46. The standard InChI is InChI=1S/C18H21FN2O2S/c1-13(14-6-8-15(9-7-14)24(20,22)23)21-12-18(10-11-18)16-4-2-3-5-17(16)19/h2-9,13,21H,10-12H2,1H3,(H2,20,22,23). The normalized spacial score (nSPS) is 17.5. The number of sulfonamides is 1. The van der Waals surface area contributed by atoms with Crippen molar-refractivity contribution in [1.29, 1.82) is 0 Å². The minimum atomic E-state index is -3.67. The summed E-state index contributed by atoms with van der Waals surface area (Å²) in [5.74, 6) is -0.151. The highest BCUT2D eigenvalue weighted by Gasteiger charge is 2.45. The Bertz CT molecular complexity index is 830. The Morgan fingerprint density at radius 3 is 2.33 bits per heavy atom. The average molecular weight is 348 g/mol. The molecular formula is C18H21FN2O2S. The molecule has 0 aliphatic heterocycles. The van der Waals surface area contributed by atoms with Crippen LogP contribution in [-0.4, -0.2) is 15.0 Å². The van der Waals surface area contributed by atoms with E-state index < -0.39 is 10.0 Å². The molecule has 0 saturated heterocycles.